The first-order valence-electron chi connectivity index (χ1n) is 13.0. The highest BCUT2D eigenvalue weighted by Gasteiger charge is 2.76. The topological polar surface area (TPSA) is 105 Å². The van der Waals surface area contributed by atoms with Crippen LogP contribution in [-0.4, -0.2) is 65.6 Å². The molecule has 3 N–H and O–H groups in total. The van der Waals surface area contributed by atoms with Crippen molar-refractivity contribution in [2.75, 3.05) is 19.7 Å². The molecule has 6 aliphatic rings. The number of aliphatic hydroxyl groups excluding tert-OH is 2. The lowest BCUT2D eigenvalue weighted by atomic mass is 9.46. The van der Waals surface area contributed by atoms with Crippen molar-refractivity contribution in [1.82, 2.24) is 5.32 Å². The SMILES string of the molecule is CC12C=CC(=O)C=C1CCC1C2C(O)CC2(C)C1CC1OC(C3CCNCC3)OC12C(=O)CO. The largest absolute Gasteiger partial charge is 0.393 e. The molecule has 0 radical (unpaired) electrons. The van der Waals surface area contributed by atoms with Gasteiger partial charge in [0.2, 0.25) is 0 Å². The summed E-state index contributed by atoms with van der Waals surface area (Å²) >= 11 is 0. The summed E-state index contributed by atoms with van der Waals surface area (Å²) in [7, 11) is 0. The van der Waals surface area contributed by atoms with Crippen molar-refractivity contribution in [2.24, 2.45) is 34.5 Å². The Bertz CT molecular complexity index is 955. The van der Waals surface area contributed by atoms with E-state index < -0.39 is 36.1 Å². The molecule has 0 aromatic heterocycles. The quantitative estimate of drug-likeness (QED) is 0.578. The summed E-state index contributed by atoms with van der Waals surface area (Å²) in [6.45, 7) is 5.47. The molecule has 2 aliphatic heterocycles. The summed E-state index contributed by atoms with van der Waals surface area (Å²) in [5, 5.41) is 25.1. The number of allylic oxidation sites excluding steroid dienone is 4. The lowest BCUT2D eigenvalue weighted by Gasteiger charge is -2.59. The number of aliphatic hydroxyl groups is 2. The zero-order chi connectivity index (χ0) is 23.9. The number of carbonyl (C=O) groups is 2. The Balaban J connectivity index is 1.37. The number of ether oxygens (including phenoxy) is 2. The molecule has 6 rings (SSSR count). The Morgan fingerprint density at radius 1 is 1.24 bits per heavy atom. The summed E-state index contributed by atoms with van der Waals surface area (Å²) in [6.07, 6.45) is 8.61. The van der Waals surface area contributed by atoms with E-state index in [1.165, 1.54) is 0 Å². The molecule has 0 aromatic carbocycles. The molecule has 0 aromatic rings. The third-order valence-electron chi connectivity index (χ3n) is 10.6. The van der Waals surface area contributed by atoms with Gasteiger partial charge in [-0.05, 0) is 75.6 Å². The van der Waals surface area contributed by atoms with Crippen molar-refractivity contribution in [2.45, 2.75) is 76.5 Å². The van der Waals surface area contributed by atoms with E-state index >= 15 is 0 Å². The number of ketones is 2. The average Bonchev–Trinajstić information content (AvgIpc) is 3.32. The van der Waals surface area contributed by atoms with Gasteiger partial charge in [0.25, 0.3) is 0 Å². The predicted molar refractivity (Wildman–Crippen MR) is 124 cm³/mol. The Hall–Kier alpha value is -1.38. The van der Waals surface area contributed by atoms with Gasteiger partial charge in [0, 0.05) is 22.7 Å². The highest BCUT2D eigenvalue weighted by molar-refractivity contribution is 6.01. The van der Waals surface area contributed by atoms with E-state index in [4.69, 9.17) is 9.47 Å². The van der Waals surface area contributed by atoms with Crippen molar-refractivity contribution in [3.05, 3.63) is 23.8 Å². The van der Waals surface area contributed by atoms with Gasteiger partial charge in [-0.3, -0.25) is 9.59 Å². The Labute approximate surface area is 201 Å². The van der Waals surface area contributed by atoms with Gasteiger partial charge in [-0.2, -0.15) is 0 Å². The van der Waals surface area contributed by atoms with E-state index in [0.29, 0.717) is 12.8 Å². The zero-order valence-electron chi connectivity index (χ0n) is 20.2. The van der Waals surface area contributed by atoms with Crippen LogP contribution in [0.25, 0.3) is 0 Å². The molecule has 2 heterocycles. The van der Waals surface area contributed by atoms with Crippen LogP contribution in [0.4, 0.5) is 0 Å². The molecule has 7 heteroatoms. The number of carbonyl (C=O) groups excluding carboxylic acids is 2. The maximum Gasteiger partial charge on any atom is 0.193 e. The molecule has 4 aliphatic carbocycles. The van der Waals surface area contributed by atoms with Crippen LogP contribution in [0.3, 0.4) is 0 Å². The van der Waals surface area contributed by atoms with Crippen molar-refractivity contribution in [3.8, 4) is 0 Å². The maximum atomic E-state index is 13.5. The second kappa shape index (κ2) is 7.81. The summed E-state index contributed by atoms with van der Waals surface area (Å²) in [4.78, 5) is 25.5. The molecule has 2 saturated heterocycles. The fourth-order valence-electron chi connectivity index (χ4n) is 9.04. The van der Waals surface area contributed by atoms with Gasteiger partial charge in [0.15, 0.2) is 23.5 Å². The summed E-state index contributed by atoms with van der Waals surface area (Å²) in [5.74, 6) is 0.247. The van der Waals surface area contributed by atoms with Gasteiger partial charge < -0.3 is 25.0 Å². The van der Waals surface area contributed by atoms with Crippen LogP contribution in [0.15, 0.2) is 23.8 Å². The Kier molecular flexibility index (Phi) is 5.29. The molecule has 9 atom stereocenters. The molecule has 34 heavy (non-hydrogen) atoms. The molecular formula is C27H37NO6. The molecule has 9 unspecified atom stereocenters. The molecule has 0 bridgehead atoms. The van der Waals surface area contributed by atoms with Crippen molar-refractivity contribution in [1.29, 1.82) is 0 Å². The van der Waals surface area contributed by atoms with Crippen molar-refractivity contribution in [3.63, 3.8) is 0 Å². The minimum atomic E-state index is -1.22. The lowest BCUT2D eigenvalue weighted by Crippen LogP contribution is -2.63. The van der Waals surface area contributed by atoms with E-state index in [-0.39, 0.29) is 40.7 Å². The first-order chi connectivity index (χ1) is 16.2. The van der Waals surface area contributed by atoms with Gasteiger partial charge in [-0.25, -0.2) is 0 Å². The van der Waals surface area contributed by atoms with Crippen LogP contribution >= 0.6 is 0 Å². The van der Waals surface area contributed by atoms with Gasteiger partial charge >= 0.3 is 0 Å². The predicted octanol–water partition coefficient (Wildman–Crippen LogP) is 1.92. The lowest BCUT2D eigenvalue weighted by molar-refractivity contribution is -0.209. The number of rotatable bonds is 3. The Morgan fingerprint density at radius 3 is 2.74 bits per heavy atom. The number of hydrogen-bond acceptors (Lipinski definition) is 7. The summed E-state index contributed by atoms with van der Waals surface area (Å²) < 4.78 is 13.2. The van der Waals surface area contributed by atoms with E-state index in [1.807, 2.05) is 6.08 Å². The minimum Gasteiger partial charge on any atom is -0.393 e. The number of piperidine rings is 1. The first-order valence-corrected chi connectivity index (χ1v) is 13.0. The van der Waals surface area contributed by atoms with Crippen LogP contribution < -0.4 is 5.32 Å². The first kappa shape index (κ1) is 23.0. The molecule has 5 fully saturated rings. The minimum absolute atomic E-state index is 0.0183. The number of nitrogens with one attached hydrogen (secondary N) is 1. The third-order valence-corrected chi connectivity index (χ3v) is 10.6. The van der Waals surface area contributed by atoms with Crippen LogP contribution in [0, 0.1) is 34.5 Å². The fraction of sp³-hybridized carbons (Fsp3) is 0.778. The van der Waals surface area contributed by atoms with Gasteiger partial charge in [0.1, 0.15) is 6.61 Å². The summed E-state index contributed by atoms with van der Waals surface area (Å²) in [6, 6.07) is 0. The van der Waals surface area contributed by atoms with Crippen LogP contribution in [0.1, 0.15) is 52.4 Å². The van der Waals surface area contributed by atoms with E-state index in [1.54, 1.807) is 12.2 Å². The van der Waals surface area contributed by atoms with Gasteiger partial charge in [0.05, 0.1) is 12.2 Å². The second-order valence-corrected chi connectivity index (χ2v) is 12.0. The summed E-state index contributed by atoms with van der Waals surface area (Å²) in [5.41, 5.74) is -1.08. The van der Waals surface area contributed by atoms with Crippen molar-refractivity contribution < 1.29 is 29.3 Å². The zero-order valence-corrected chi connectivity index (χ0v) is 20.2. The number of fused-ring (bicyclic) bond motifs is 7. The molecule has 3 saturated carbocycles. The smallest absolute Gasteiger partial charge is 0.193 e. The van der Waals surface area contributed by atoms with Gasteiger partial charge in [-0.15, -0.1) is 0 Å². The third kappa shape index (κ3) is 2.88. The number of hydrogen-bond donors (Lipinski definition) is 3. The molecule has 0 amide bonds. The van der Waals surface area contributed by atoms with Crippen LogP contribution in [-0.2, 0) is 19.1 Å². The monoisotopic (exact) mass is 471 g/mol. The van der Waals surface area contributed by atoms with E-state index in [0.717, 1.165) is 44.3 Å². The fourth-order valence-corrected chi connectivity index (χ4v) is 9.04. The standard InChI is InChI=1S/C27H37NO6/c1-25-8-5-17(30)11-16(25)3-4-18-19-12-22-27(21(32)14-29,26(19,2)13-20(31)23(18)25)34-24(33-22)15-6-9-28-10-7-15/h5,8,11,15,18-20,22-24,28-29,31H,3-4,6-7,9-10,12-14H2,1-2H3. The highest BCUT2D eigenvalue weighted by Crippen LogP contribution is 2.69. The normalized spacial score (nSPS) is 50.2. The molecule has 186 valence electrons. The maximum absolute atomic E-state index is 13.5. The molecule has 7 nitrogen and oxygen atoms in total. The second-order valence-electron chi connectivity index (χ2n) is 12.0. The van der Waals surface area contributed by atoms with Gasteiger partial charge in [-0.1, -0.05) is 25.5 Å². The van der Waals surface area contributed by atoms with Crippen LogP contribution in [0.2, 0.25) is 0 Å². The molecular weight excluding hydrogens is 434 g/mol. The van der Waals surface area contributed by atoms with E-state index in [2.05, 4.69) is 19.2 Å². The molecule has 0 spiro atoms. The highest BCUT2D eigenvalue weighted by atomic mass is 16.7. The van der Waals surface area contributed by atoms with Crippen molar-refractivity contribution >= 4 is 11.6 Å². The number of Topliss-reactive ketones (excluding diaryl/α,β-unsaturated/α-hetero) is 1. The van der Waals surface area contributed by atoms with Crippen LogP contribution in [0.5, 0.6) is 0 Å². The Morgan fingerprint density at radius 2 is 2.00 bits per heavy atom. The average molecular weight is 472 g/mol. The van der Waals surface area contributed by atoms with E-state index in [9.17, 15) is 19.8 Å².